The Morgan fingerprint density at radius 3 is 1.68 bits per heavy atom. The van der Waals surface area contributed by atoms with Gasteiger partial charge in [-0.25, -0.2) is 9.59 Å². The van der Waals surface area contributed by atoms with Crippen LogP contribution < -0.4 is 19.5 Å². The minimum Gasteiger partial charge on any atom is -0.494 e. The molecule has 2 aromatic carbocycles. The summed E-state index contributed by atoms with van der Waals surface area (Å²) in [5.74, 6) is 3.30. The van der Waals surface area contributed by atoms with Crippen molar-refractivity contribution in [1.82, 2.24) is 5.32 Å². The lowest BCUT2D eigenvalue weighted by molar-refractivity contribution is -0.145. The third-order valence-electron chi connectivity index (χ3n) is 16.2. The van der Waals surface area contributed by atoms with E-state index in [1.54, 1.807) is 48.5 Å². The van der Waals surface area contributed by atoms with Gasteiger partial charge in [0.05, 0.1) is 31.3 Å². The maximum absolute atomic E-state index is 13.1. The van der Waals surface area contributed by atoms with Gasteiger partial charge in [-0.2, -0.15) is 0 Å². The first-order valence-electron chi connectivity index (χ1n) is 29.2. The lowest BCUT2D eigenvalue weighted by Crippen LogP contribution is -2.47. The Morgan fingerprint density at radius 2 is 1.07 bits per heavy atom. The van der Waals surface area contributed by atoms with E-state index in [2.05, 4.69) is 39.9 Å². The van der Waals surface area contributed by atoms with Gasteiger partial charge in [0.25, 0.3) is 0 Å². The van der Waals surface area contributed by atoms with Crippen LogP contribution in [0, 0.1) is 34.5 Å². The summed E-state index contributed by atoms with van der Waals surface area (Å²) < 4.78 is 28.5. The van der Waals surface area contributed by atoms with Crippen LogP contribution >= 0.6 is 0 Å². The van der Waals surface area contributed by atoms with Gasteiger partial charge in [0.1, 0.15) is 17.2 Å². The SMILES string of the molecule is CCCCCCCCCCOC(=O)CCC1(C)CC(NC(=O)OCCCCCCCCOc2ccc(C(=O)Oc3ccc(OC(=O)C4CCC(C5CCC(CCCCC)CC5)CC4)cc3)cc2)CC(C)(C)C1. The third kappa shape index (κ3) is 22.6. The summed E-state index contributed by atoms with van der Waals surface area (Å²) in [4.78, 5) is 51.3. The lowest BCUT2D eigenvalue weighted by atomic mass is 9.61. The summed E-state index contributed by atoms with van der Waals surface area (Å²) >= 11 is 0. The molecule has 0 aromatic heterocycles. The van der Waals surface area contributed by atoms with Crippen molar-refractivity contribution in [2.45, 2.75) is 240 Å². The summed E-state index contributed by atoms with van der Waals surface area (Å²) in [7, 11) is 0. The smallest absolute Gasteiger partial charge is 0.407 e. The zero-order valence-electron chi connectivity index (χ0n) is 45.7. The molecular formula is C62H97NO9. The maximum atomic E-state index is 13.1. The van der Waals surface area contributed by atoms with Crippen LogP contribution in [0.3, 0.4) is 0 Å². The Labute approximate surface area is 435 Å². The van der Waals surface area contributed by atoms with Crippen LogP contribution in [0.15, 0.2) is 48.5 Å². The van der Waals surface area contributed by atoms with Crippen LogP contribution in [0.25, 0.3) is 0 Å². The van der Waals surface area contributed by atoms with E-state index in [1.165, 1.54) is 89.9 Å². The van der Waals surface area contributed by atoms with E-state index in [9.17, 15) is 19.2 Å². The normalized spacial score (nSPS) is 22.9. The molecule has 0 bridgehead atoms. The lowest BCUT2D eigenvalue weighted by Gasteiger charge is -2.46. The Balaban J connectivity index is 0.855. The summed E-state index contributed by atoms with van der Waals surface area (Å²) in [6.07, 6.45) is 34.3. The molecule has 2 aromatic rings. The second-order valence-electron chi connectivity index (χ2n) is 23.4. The van der Waals surface area contributed by atoms with Crippen LogP contribution in [-0.2, 0) is 19.1 Å². The first kappa shape index (κ1) is 58.8. The van der Waals surface area contributed by atoms with Crippen molar-refractivity contribution in [3.05, 3.63) is 54.1 Å². The molecule has 2 atom stereocenters. The molecule has 10 heteroatoms. The Morgan fingerprint density at radius 1 is 0.556 bits per heavy atom. The van der Waals surface area contributed by atoms with E-state index in [1.807, 2.05) is 0 Å². The van der Waals surface area contributed by atoms with Crippen molar-refractivity contribution >= 4 is 24.0 Å². The van der Waals surface area contributed by atoms with Gasteiger partial charge < -0.3 is 29.0 Å². The highest BCUT2D eigenvalue weighted by Gasteiger charge is 2.42. The molecule has 2 unspecified atom stereocenters. The standard InChI is InChI=1S/C62H97NO9/c1-6-8-10-11-12-13-17-21-43-69-57(64)40-41-62(5)46-53(45-61(3,4)47-62)63-60(67)70-44-22-18-15-14-16-20-42-68-54-34-32-52(33-35-54)59(66)72-56-38-36-55(37-39-56)71-58(65)51-30-28-50(29-31-51)49-26-24-48(25-27-49)23-19-9-7-2/h32-39,48-51,53H,6-31,40-47H2,1-5H3,(H,63,67). The molecule has 0 aliphatic heterocycles. The summed E-state index contributed by atoms with van der Waals surface area (Å²) in [6, 6.07) is 13.7. The van der Waals surface area contributed by atoms with E-state index >= 15 is 0 Å². The molecule has 5 rings (SSSR count). The molecule has 10 nitrogen and oxygen atoms in total. The largest absolute Gasteiger partial charge is 0.494 e. The van der Waals surface area contributed by atoms with Gasteiger partial charge in [-0.3, -0.25) is 9.59 Å². The summed E-state index contributed by atoms with van der Waals surface area (Å²) in [5.41, 5.74) is 0.427. The number of ether oxygens (including phenoxy) is 5. The van der Waals surface area contributed by atoms with Gasteiger partial charge in [-0.1, -0.05) is 144 Å². The predicted octanol–water partition coefficient (Wildman–Crippen LogP) is 16.5. The number of amides is 1. The number of alkyl carbamates (subject to hydrolysis) is 1. The highest BCUT2D eigenvalue weighted by Crippen LogP contribution is 2.49. The molecule has 0 radical (unpaired) electrons. The van der Waals surface area contributed by atoms with Gasteiger partial charge in [0.2, 0.25) is 0 Å². The molecule has 404 valence electrons. The quantitative estimate of drug-likeness (QED) is 0.0433. The number of hydrogen-bond acceptors (Lipinski definition) is 9. The van der Waals surface area contributed by atoms with Crippen molar-refractivity contribution in [3.63, 3.8) is 0 Å². The Hall–Kier alpha value is -4.08. The molecule has 3 fully saturated rings. The van der Waals surface area contributed by atoms with E-state index in [4.69, 9.17) is 23.7 Å². The Kier molecular flexibility index (Phi) is 26.4. The van der Waals surface area contributed by atoms with E-state index in [0.29, 0.717) is 49.1 Å². The number of esters is 3. The zero-order chi connectivity index (χ0) is 51.4. The fraction of sp³-hybridized carbons (Fsp3) is 0.742. The molecule has 3 aliphatic carbocycles. The molecular weight excluding hydrogens is 903 g/mol. The van der Waals surface area contributed by atoms with Crippen molar-refractivity contribution < 1.29 is 42.9 Å². The fourth-order valence-corrected chi connectivity index (χ4v) is 12.4. The number of rotatable bonds is 32. The molecule has 0 spiro atoms. The molecule has 1 N–H and O–H groups in total. The molecule has 3 aliphatic rings. The van der Waals surface area contributed by atoms with Crippen molar-refractivity contribution in [3.8, 4) is 17.2 Å². The van der Waals surface area contributed by atoms with Gasteiger partial charge in [-0.15, -0.1) is 0 Å². The third-order valence-corrected chi connectivity index (χ3v) is 16.2. The average molecular weight is 1000 g/mol. The van der Waals surface area contributed by atoms with Gasteiger partial charge >= 0.3 is 24.0 Å². The number of hydrogen-bond donors (Lipinski definition) is 1. The minimum atomic E-state index is -0.466. The van der Waals surface area contributed by atoms with Crippen LogP contribution in [0.4, 0.5) is 4.79 Å². The second-order valence-corrected chi connectivity index (χ2v) is 23.4. The number of carbonyl (C=O) groups is 4. The van der Waals surface area contributed by atoms with Crippen LogP contribution in [0.2, 0.25) is 0 Å². The first-order chi connectivity index (χ1) is 34.8. The number of nitrogens with one attached hydrogen (secondary N) is 1. The average Bonchev–Trinajstić information content (AvgIpc) is 3.36. The van der Waals surface area contributed by atoms with Crippen LogP contribution in [-0.4, -0.2) is 49.9 Å². The molecule has 1 amide bonds. The topological polar surface area (TPSA) is 126 Å². The molecule has 3 saturated carbocycles. The highest BCUT2D eigenvalue weighted by atomic mass is 16.6. The predicted molar refractivity (Wildman–Crippen MR) is 289 cm³/mol. The maximum Gasteiger partial charge on any atom is 0.407 e. The van der Waals surface area contributed by atoms with Crippen molar-refractivity contribution in [2.24, 2.45) is 34.5 Å². The molecule has 0 saturated heterocycles. The number of benzene rings is 2. The summed E-state index contributed by atoms with van der Waals surface area (Å²) in [6.45, 7) is 12.8. The second kappa shape index (κ2) is 32.3. The van der Waals surface area contributed by atoms with Crippen molar-refractivity contribution in [2.75, 3.05) is 19.8 Å². The minimum absolute atomic E-state index is 0.0186. The highest BCUT2D eigenvalue weighted by molar-refractivity contribution is 5.91. The Bertz CT molecular complexity index is 1850. The first-order valence-corrected chi connectivity index (χ1v) is 29.2. The van der Waals surface area contributed by atoms with Gasteiger partial charge in [-0.05, 0) is 161 Å². The van der Waals surface area contributed by atoms with Gasteiger partial charge in [0, 0.05) is 12.5 Å². The summed E-state index contributed by atoms with van der Waals surface area (Å²) in [5, 5.41) is 3.14. The molecule has 0 heterocycles. The fourth-order valence-electron chi connectivity index (χ4n) is 12.4. The number of unbranched alkanes of at least 4 members (excludes halogenated alkanes) is 14. The van der Waals surface area contributed by atoms with Crippen LogP contribution in [0.5, 0.6) is 17.2 Å². The van der Waals surface area contributed by atoms with Crippen LogP contribution in [0.1, 0.15) is 244 Å². The van der Waals surface area contributed by atoms with Crippen molar-refractivity contribution in [1.29, 1.82) is 0 Å². The monoisotopic (exact) mass is 1000 g/mol. The van der Waals surface area contributed by atoms with E-state index in [0.717, 1.165) is 120 Å². The van der Waals surface area contributed by atoms with E-state index in [-0.39, 0.29) is 40.8 Å². The number of carbonyl (C=O) groups excluding carboxylic acids is 4. The van der Waals surface area contributed by atoms with E-state index < -0.39 is 5.97 Å². The molecule has 72 heavy (non-hydrogen) atoms. The zero-order valence-corrected chi connectivity index (χ0v) is 45.7. The van der Waals surface area contributed by atoms with Gasteiger partial charge in [0.15, 0.2) is 0 Å².